The van der Waals surface area contributed by atoms with Crippen LogP contribution in [0.15, 0.2) is 36.5 Å². The van der Waals surface area contributed by atoms with Gasteiger partial charge in [-0.2, -0.15) is 0 Å². The van der Waals surface area contributed by atoms with E-state index in [2.05, 4.69) is 43.5 Å². The summed E-state index contributed by atoms with van der Waals surface area (Å²) < 4.78 is 34.4. The SMILES string of the molecule is CCCCCCCCCCCCCCCCCCCCCC/C=C/CC/C=C/CC/C=C/C(O)C(COC1OC(CO)C(OC2OC(CO)C(OC3OC(CO)C(O)C(O)C3O)C(O)C2O)C(O)C1O)NC(=O)CCCCCCCCCCCCCCCCCCCCCCCC. The average Bonchev–Trinajstić information content (AvgIpc) is 0.826. The van der Waals surface area contributed by atoms with Crippen molar-refractivity contribution in [1.82, 2.24) is 5.32 Å². The van der Waals surface area contributed by atoms with Gasteiger partial charge in [0, 0.05) is 6.42 Å². The highest BCUT2D eigenvalue weighted by Crippen LogP contribution is 2.33. The third kappa shape index (κ3) is 40.0. The summed E-state index contributed by atoms with van der Waals surface area (Å²) >= 11 is 0. The molecule has 19 nitrogen and oxygen atoms in total. The molecule has 0 spiro atoms. The molecule has 19 heteroatoms. The summed E-state index contributed by atoms with van der Waals surface area (Å²) in [6.45, 7) is 1.76. The van der Waals surface area contributed by atoms with Crippen LogP contribution in [0.25, 0.3) is 0 Å². The number of hydrogen-bond donors (Lipinski definition) is 12. The number of carbonyl (C=O) groups is 1. The fraction of sp³-hybridized carbons (Fsp3) is 0.910. The monoisotopic (exact) mass is 1380 g/mol. The molecule has 0 aromatic carbocycles. The standard InChI is InChI=1S/C78H145NO18/c1-3-5-7-9-11-13-15-17-19-21-23-25-27-28-29-30-31-32-33-34-35-37-39-41-43-45-47-49-51-53-55-62(83)61(79-66(84)56-54-52-50-48-46-44-42-40-38-36-26-24-22-20-18-16-14-12-10-8-6-4-2)60-92-76-72(90)69(87)74(64(58-81)94-76)97-78-73(91)70(88)75(65(59-82)95-78)96-77-71(89)68(86)67(85)63(57-80)93-77/h37,39,45,47,53,55,61-65,67-78,80-83,85-91H,3-36,38,40-44,46,48-52,54,56-60H2,1-2H3,(H,79,84)/b39-37+,47-45+,55-53+. The predicted molar refractivity (Wildman–Crippen MR) is 383 cm³/mol. The molecule has 17 unspecified atom stereocenters. The normalized spacial score (nSPS) is 27.0. The maximum Gasteiger partial charge on any atom is 0.220 e. The number of unbranched alkanes of at least 4 members (excludes halogenated alkanes) is 43. The van der Waals surface area contributed by atoms with E-state index in [-0.39, 0.29) is 18.9 Å². The van der Waals surface area contributed by atoms with Crippen LogP contribution in [0, 0.1) is 0 Å². The molecule has 3 aliphatic heterocycles. The van der Waals surface area contributed by atoms with Gasteiger partial charge in [0.05, 0.1) is 38.6 Å². The quantitative estimate of drug-likeness (QED) is 0.0199. The minimum Gasteiger partial charge on any atom is -0.394 e. The van der Waals surface area contributed by atoms with Crippen molar-refractivity contribution in [3.63, 3.8) is 0 Å². The highest BCUT2D eigenvalue weighted by atomic mass is 16.8. The number of aliphatic hydroxyl groups excluding tert-OH is 11. The lowest BCUT2D eigenvalue weighted by Gasteiger charge is -2.48. The zero-order chi connectivity index (χ0) is 70.4. The van der Waals surface area contributed by atoms with E-state index in [0.29, 0.717) is 12.8 Å². The fourth-order valence-corrected chi connectivity index (χ4v) is 13.5. The Hall–Kier alpha value is -1.99. The lowest BCUT2D eigenvalue weighted by molar-refractivity contribution is -0.379. The molecule has 0 radical (unpaired) electrons. The Morgan fingerprint density at radius 2 is 0.660 bits per heavy atom. The van der Waals surface area contributed by atoms with Gasteiger partial charge in [0.2, 0.25) is 5.91 Å². The molecule has 3 rings (SSSR count). The van der Waals surface area contributed by atoms with Crippen molar-refractivity contribution in [3.05, 3.63) is 36.5 Å². The maximum atomic E-state index is 13.5. The predicted octanol–water partition coefficient (Wildman–Crippen LogP) is 12.7. The number of carbonyl (C=O) groups excluding carboxylic acids is 1. The molecule has 1 amide bonds. The van der Waals surface area contributed by atoms with Gasteiger partial charge in [-0.25, -0.2) is 0 Å². The topological polar surface area (TPSA) is 307 Å². The summed E-state index contributed by atoms with van der Waals surface area (Å²) in [6.07, 6.45) is 45.7. The van der Waals surface area contributed by atoms with Crippen molar-refractivity contribution in [1.29, 1.82) is 0 Å². The summed E-state index contributed by atoms with van der Waals surface area (Å²) in [6, 6.07) is -0.996. The first-order chi connectivity index (χ1) is 47.3. The Morgan fingerprint density at radius 1 is 0.361 bits per heavy atom. The third-order valence-electron chi connectivity index (χ3n) is 19.9. The summed E-state index contributed by atoms with van der Waals surface area (Å²) in [4.78, 5) is 13.5. The Morgan fingerprint density at radius 3 is 1.03 bits per heavy atom. The van der Waals surface area contributed by atoms with E-state index in [9.17, 15) is 61.0 Å². The average molecular weight is 1390 g/mol. The molecule has 570 valence electrons. The zero-order valence-electron chi connectivity index (χ0n) is 60.8. The van der Waals surface area contributed by atoms with Crippen LogP contribution in [0.2, 0.25) is 0 Å². The number of allylic oxidation sites excluding steroid dienone is 5. The summed E-state index contributed by atoms with van der Waals surface area (Å²) in [5.41, 5.74) is 0. The lowest BCUT2D eigenvalue weighted by Crippen LogP contribution is -2.66. The van der Waals surface area contributed by atoms with Gasteiger partial charge < -0.3 is 89.9 Å². The van der Waals surface area contributed by atoms with Crippen molar-refractivity contribution in [2.75, 3.05) is 26.4 Å². The molecule has 12 N–H and O–H groups in total. The molecular weight excluding hydrogens is 1240 g/mol. The number of aliphatic hydroxyl groups is 11. The first kappa shape index (κ1) is 89.2. The Labute approximate surface area is 587 Å². The van der Waals surface area contributed by atoms with Gasteiger partial charge in [-0.15, -0.1) is 0 Å². The lowest BCUT2D eigenvalue weighted by atomic mass is 9.96. The number of amides is 1. The molecule has 17 atom stereocenters. The molecule has 3 saturated heterocycles. The number of hydrogen-bond acceptors (Lipinski definition) is 18. The van der Waals surface area contributed by atoms with Gasteiger partial charge in [0.25, 0.3) is 0 Å². The van der Waals surface area contributed by atoms with Crippen LogP contribution >= 0.6 is 0 Å². The van der Waals surface area contributed by atoms with Crippen LogP contribution in [0.5, 0.6) is 0 Å². The minimum atomic E-state index is -1.98. The summed E-state index contributed by atoms with van der Waals surface area (Å²) in [5.74, 6) is -0.283. The van der Waals surface area contributed by atoms with Gasteiger partial charge in [0.15, 0.2) is 18.9 Å². The molecule has 0 aliphatic carbocycles. The third-order valence-corrected chi connectivity index (χ3v) is 19.9. The Kier molecular flexibility index (Phi) is 54.6. The maximum absolute atomic E-state index is 13.5. The highest BCUT2D eigenvalue weighted by molar-refractivity contribution is 5.76. The summed E-state index contributed by atoms with van der Waals surface area (Å²) in [7, 11) is 0. The van der Waals surface area contributed by atoms with Crippen LogP contribution in [0.1, 0.15) is 322 Å². The first-order valence-corrected chi connectivity index (χ1v) is 39.7. The Bertz CT molecular complexity index is 1900. The van der Waals surface area contributed by atoms with Crippen molar-refractivity contribution in [2.24, 2.45) is 0 Å². The van der Waals surface area contributed by atoms with E-state index in [4.69, 9.17) is 28.4 Å². The molecule has 3 heterocycles. The number of nitrogens with one attached hydrogen (secondary N) is 1. The Balaban J connectivity index is 1.40. The van der Waals surface area contributed by atoms with Crippen LogP contribution in [0.4, 0.5) is 0 Å². The first-order valence-electron chi connectivity index (χ1n) is 39.7. The van der Waals surface area contributed by atoms with Crippen molar-refractivity contribution in [3.8, 4) is 0 Å². The smallest absolute Gasteiger partial charge is 0.220 e. The van der Waals surface area contributed by atoms with Crippen molar-refractivity contribution in [2.45, 2.75) is 426 Å². The van der Waals surface area contributed by atoms with Gasteiger partial charge in [-0.3, -0.25) is 4.79 Å². The molecule has 0 aromatic heterocycles. The van der Waals surface area contributed by atoms with E-state index in [1.807, 2.05) is 6.08 Å². The van der Waals surface area contributed by atoms with Crippen LogP contribution < -0.4 is 5.32 Å². The number of ether oxygens (including phenoxy) is 6. The summed E-state index contributed by atoms with van der Waals surface area (Å²) in [5, 5.41) is 121. The zero-order valence-corrected chi connectivity index (χ0v) is 60.8. The van der Waals surface area contributed by atoms with Gasteiger partial charge in [0.1, 0.15) is 73.2 Å². The highest BCUT2D eigenvalue weighted by Gasteiger charge is 2.53. The van der Waals surface area contributed by atoms with Crippen LogP contribution in [-0.4, -0.2) is 193 Å². The van der Waals surface area contributed by atoms with Crippen LogP contribution in [-0.2, 0) is 33.2 Å². The van der Waals surface area contributed by atoms with Crippen molar-refractivity contribution < 1.29 is 89.4 Å². The molecule has 3 aliphatic rings. The molecule has 3 fully saturated rings. The molecule has 0 saturated carbocycles. The second-order valence-corrected chi connectivity index (χ2v) is 28.5. The van der Waals surface area contributed by atoms with Gasteiger partial charge in [-0.1, -0.05) is 307 Å². The number of rotatable bonds is 63. The molecule has 0 aromatic rings. The molecule has 0 bridgehead atoms. The second-order valence-electron chi connectivity index (χ2n) is 28.5. The van der Waals surface area contributed by atoms with Gasteiger partial charge >= 0.3 is 0 Å². The molecular formula is C78H145NO18. The van der Waals surface area contributed by atoms with E-state index < -0.39 is 124 Å². The molecule has 97 heavy (non-hydrogen) atoms. The van der Waals surface area contributed by atoms with E-state index >= 15 is 0 Å². The van der Waals surface area contributed by atoms with Crippen molar-refractivity contribution >= 4 is 5.91 Å². The fourth-order valence-electron chi connectivity index (χ4n) is 13.5. The van der Waals surface area contributed by atoms with E-state index in [1.54, 1.807) is 6.08 Å². The van der Waals surface area contributed by atoms with E-state index in [1.165, 1.54) is 244 Å². The second kappa shape index (κ2) is 59.4. The largest absolute Gasteiger partial charge is 0.394 e. The van der Waals surface area contributed by atoms with Gasteiger partial charge in [-0.05, 0) is 44.9 Å². The minimum absolute atomic E-state index is 0.236. The van der Waals surface area contributed by atoms with E-state index in [0.717, 1.165) is 44.9 Å². The van der Waals surface area contributed by atoms with Crippen LogP contribution in [0.3, 0.4) is 0 Å².